The number of benzene rings is 1. The Bertz CT molecular complexity index is 767. The maximum Gasteiger partial charge on any atom is 0.342 e. The average molecular weight is 376 g/mol. The van der Waals surface area contributed by atoms with Crippen LogP contribution < -0.4 is 10.1 Å². The molecule has 0 aliphatic heterocycles. The monoisotopic (exact) mass is 376 g/mol. The van der Waals surface area contributed by atoms with Crippen molar-refractivity contribution in [1.29, 1.82) is 0 Å². The third-order valence-electron chi connectivity index (χ3n) is 3.92. The fraction of sp³-hybridized carbons (Fsp3) is 0.421. The van der Waals surface area contributed by atoms with E-state index in [4.69, 9.17) is 18.7 Å². The second kappa shape index (κ2) is 9.72. The predicted octanol–water partition coefficient (Wildman–Crippen LogP) is 2.18. The highest BCUT2D eigenvalue weighted by molar-refractivity contribution is 5.94. The second-order valence-corrected chi connectivity index (χ2v) is 5.92. The Morgan fingerprint density at radius 2 is 2.00 bits per heavy atom. The molecule has 2 aromatic rings. The number of carbonyl (C=O) groups is 2. The average Bonchev–Trinajstić information content (AvgIpc) is 2.98. The lowest BCUT2D eigenvalue weighted by atomic mass is 10.2. The molecule has 8 nitrogen and oxygen atoms in total. The van der Waals surface area contributed by atoms with Gasteiger partial charge in [-0.1, -0.05) is 17.3 Å². The third-order valence-corrected chi connectivity index (χ3v) is 3.92. The van der Waals surface area contributed by atoms with Crippen LogP contribution in [-0.4, -0.2) is 43.4 Å². The summed E-state index contributed by atoms with van der Waals surface area (Å²) in [5, 5.41) is 6.50. The molecule has 2 rings (SSSR count). The van der Waals surface area contributed by atoms with E-state index in [1.54, 1.807) is 31.2 Å². The molecule has 0 aliphatic rings. The minimum atomic E-state index is -0.940. The van der Waals surface area contributed by atoms with Crippen LogP contribution in [-0.2, 0) is 20.9 Å². The molecule has 0 spiro atoms. The summed E-state index contributed by atoms with van der Waals surface area (Å²) in [7, 11) is 1.54. The van der Waals surface area contributed by atoms with Gasteiger partial charge < -0.3 is 24.1 Å². The molecule has 1 atom stereocenters. The van der Waals surface area contributed by atoms with Gasteiger partial charge in [-0.25, -0.2) is 4.79 Å². The SMILES string of the molecule is COCCNC(=O)[C@H](C)OC(=O)c1ccccc1OCc1c(C)noc1C. The van der Waals surface area contributed by atoms with Crippen LogP contribution in [0.15, 0.2) is 28.8 Å². The van der Waals surface area contributed by atoms with E-state index in [0.717, 1.165) is 11.3 Å². The quantitative estimate of drug-likeness (QED) is 0.529. The number of esters is 1. The maximum absolute atomic E-state index is 12.5. The molecule has 0 fully saturated rings. The number of nitrogens with zero attached hydrogens (tertiary/aromatic N) is 1. The Morgan fingerprint density at radius 1 is 1.26 bits per heavy atom. The van der Waals surface area contributed by atoms with Gasteiger partial charge in [-0.3, -0.25) is 4.79 Å². The standard InChI is InChI=1S/C19H24N2O6/c1-12-16(13(2)27-21-12)11-25-17-8-6-5-7-15(17)19(23)26-14(3)18(22)20-9-10-24-4/h5-8,14H,9-11H2,1-4H3,(H,20,22)/t14-/m0/s1. The van der Waals surface area contributed by atoms with E-state index >= 15 is 0 Å². The highest BCUT2D eigenvalue weighted by Gasteiger charge is 2.21. The molecule has 1 amide bonds. The van der Waals surface area contributed by atoms with Gasteiger partial charge in [0.05, 0.1) is 17.9 Å². The molecule has 1 heterocycles. The predicted molar refractivity (Wildman–Crippen MR) is 96.5 cm³/mol. The largest absolute Gasteiger partial charge is 0.488 e. The van der Waals surface area contributed by atoms with E-state index in [-0.39, 0.29) is 12.2 Å². The minimum absolute atomic E-state index is 0.207. The molecule has 146 valence electrons. The Labute approximate surface area is 157 Å². The van der Waals surface area contributed by atoms with Crippen LogP contribution >= 0.6 is 0 Å². The third kappa shape index (κ3) is 5.55. The highest BCUT2D eigenvalue weighted by atomic mass is 16.6. The summed E-state index contributed by atoms with van der Waals surface area (Å²) in [6.07, 6.45) is -0.940. The number of nitrogens with one attached hydrogen (secondary N) is 1. The van der Waals surface area contributed by atoms with Gasteiger partial charge in [-0.2, -0.15) is 0 Å². The van der Waals surface area contributed by atoms with Crippen LogP contribution in [0.3, 0.4) is 0 Å². The van der Waals surface area contributed by atoms with Crippen molar-refractivity contribution in [2.75, 3.05) is 20.3 Å². The Kier molecular flexibility index (Phi) is 7.36. The van der Waals surface area contributed by atoms with Crippen molar-refractivity contribution in [2.24, 2.45) is 0 Å². The number of hydrogen-bond donors (Lipinski definition) is 1. The summed E-state index contributed by atoms with van der Waals surface area (Å²) in [5.41, 5.74) is 1.79. The number of para-hydroxylation sites is 1. The number of aromatic nitrogens is 1. The minimum Gasteiger partial charge on any atom is -0.488 e. The number of methoxy groups -OCH3 is 1. The number of amides is 1. The zero-order valence-corrected chi connectivity index (χ0v) is 15.9. The summed E-state index contributed by atoms with van der Waals surface area (Å²) >= 11 is 0. The first-order valence-corrected chi connectivity index (χ1v) is 8.55. The number of carbonyl (C=O) groups excluding carboxylic acids is 2. The Morgan fingerprint density at radius 3 is 2.67 bits per heavy atom. The van der Waals surface area contributed by atoms with Crippen molar-refractivity contribution in [3.63, 3.8) is 0 Å². The van der Waals surface area contributed by atoms with Crippen LogP contribution in [0.1, 0.15) is 34.3 Å². The lowest BCUT2D eigenvalue weighted by Gasteiger charge is -2.15. The van der Waals surface area contributed by atoms with Gasteiger partial charge in [0, 0.05) is 13.7 Å². The molecule has 8 heteroatoms. The summed E-state index contributed by atoms with van der Waals surface area (Å²) in [5.74, 6) is -0.0170. The van der Waals surface area contributed by atoms with Gasteiger partial charge in [0.1, 0.15) is 23.7 Å². The number of rotatable bonds is 9. The van der Waals surface area contributed by atoms with Crippen LogP contribution in [0.5, 0.6) is 5.75 Å². The molecule has 0 bridgehead atoms. The number of hydrogen-bond acceptors (Lipinski definition) is 7. The van der Waals surface area contributed by atoms with E-state index in [1.165, 1.54) is 14.0 Å². The lowest BCUT2D eigenvalue weighted by Crippen LogP contribution is -2.37. The molecule has 0 saturated carbocycles. The summed E-state index contributed by atoms with van der Waals surface area (Å²) in [4.78, 5) is 24.4. The molecular formula is C19H24N2O6. The Balaban J connectivity index is 2.01. The molecule has 0 unspecified atom stereocenters. The highest BCUT2D eigenvalue weighted by Crippen LogP contribution is 2.22. The van der Waals surface area contributed by atoms with Gasteiger partial charge in [-0.15, -0.1) is 0 Å². The van der Waals surface area contributed by atoms with Gasteiger partial charge >= 0.3 is 5.97 Å². The van der Waals surface area contributed by atoms with Crippen molar-refractivity contribution in [1.82, 2.24) is 10.5 Å². The second-order valence-electron chi connectivity index (χ2n) is 5.92. The smallest absolute Gasteiger partial charge is 0.342 e. The molecule has 0 radical (unpaired) electrons. The lowest BCUT2D eigenvalue weighted by molar-refractivity contribution is -0.129. The zero-order chi connectivity index (χ0) is 19.8. The fourth-order valence-corrected chi connectivity index (χ4v) is 2.32. The van der Waals surface area contributed by atoms with Crippen LogP contribution in [0, 0.1) is 13.8 Å². The summed E-state index contributed by atoms with van der Waals surface area (Å²) in [6, 6.07) is 6.70. The summed E-state index contributed by atoms with van der Waals surface area (Å²) < 4.78 is 21.0. The van der Waals surface area contributed by atoms with Crippen LogP contribution in [0.25, 0.3) is 0 Å². The molecule has 27 heavy (non-hydrogen) atoms. The van der Waals surface area contributed by atoms with Crippen molar-refractivity contribution >= 4 is 11.9 Å². The molecule has 0 aliphatic carbocycles. The van der Waals surface area contributed by atoms with E-state index < -0.39 is 18.0 Å². The van der Waals surface area contributed by atoms with E-state index in [9.17, 15) is 9.59 Å². The number of aryl methyl sites for hydroxylation is 2. The van der Waals surface area contributed by atoms with Gasteiger partial charge in [0.2, 0.25) is 0 Å². The van der Waals surface area contributed by atoms with Crippen LogP contribution in [0.2, 0.25) is 0 Å². The first-order valence-electron chi connectivity index (χ1n) is 8.55. The van der Waals surface area contributed by atoms with E-state index in [2.05, 4.69) is 10.5 Å². The van der Waals surface area contributed by atoms with Crippen molar-refractivity contribution in [3.05, 3.63) is 46.8 Å². The maximum atomic E-state index is 12.5. The molecule has 1 aromatic heterocycles. The van der Waals surface area contributed by atoms with Gasteiger partial charge in [0.25, 0.3) is 5.91 Å². The van der Waals surface area contributed by atoms with Crippen molar-refractivity contribution < 1.29 is 28.3 Å². The van der Waals surface area contributed by atoms with Gasteiger partial charge in [-0.05, 0) is 32.9 Å². The van der Waals surface area contributed by atoms with Crippen LogP contribution in [0.4, 0.5) is 0 Å². The van der Waals surface area contributed by atoms with Crippen molar-refractivity contribution in [3.8, 4) is 5.75 Å². The molecule has 1 aromatic carbocycles. The van der Waals surface area contributed by atoms with E-state index in [1.807, 2.05) is 6.92 Å². The first kappa shape index (κ1) is 20.4. The van der Waals surface area contributed by atoms with E-state index in [0.29, 0.717) is 24.7 Å². The topological polar surface area (TPSA) is 99.9 Å². The summed E-state index contributed by atoms with van der Waals surface area (Å²) in [6.45, 7) is 6.05. The zero-order valence-electron chi connectivity index (χ0n) is 15.9. The molecular weight excluding hydrogens is 352 g/mol. The fourth-order valence-electron chi connectivity index (χ4n) is 2.32. The molecule has 0 saturated heterocycles. The first-order chi connectivity index (χ1) is 12.9. The number of ether oxygens (including phenoxy) is 3. The van der Waals surface area contributed by atoms with Crippen molar-refractivity contribution in [2.45, 2.75) is 33.5 Å². The Hall–Kier alpha value is -2.87. The normalized spacial score (nSPS) is 11.7. The molecule has 1 N–H and O–H groups in total. The van der Waals surface area contributed by atoms with Gasteiger partial charge in [0.15, 0.2) is 6.10 Å².